The van der Waals surface area contributed by atoms with Crippen LogP contribution in [0.2, 0.25) is 0 Å². The molecule has 0 radical (unpaired) electrons. The van der Waals surface area contributed by atoms with Gasteiger partial charge in [-0.3, -0.25) is 4.79 Å². The Kier molecular flexibility index (Phi) is 6.68. The monoisotopic (exact) mass is 473 g/mol. The van der Waals surface area contributed by atoms with Gasteiger partial charge in [0.05, 0.1) is 33.0 Å². The molecule has 0 saturated heterocycles. The molecule has 0 spiro atoms. The van der Waals surface area contributed by atoms with Crippen LogP contribution in [0.4, 0.5) is 11.4 Å². The second kappa shape index (κ2) is 10.0. The fourth-order valence-corrected chi connectivity index (χ4v) is 3.43. The van der Waals surface area contributed by atoms with E-state index in [1.54, 1.807) is 42.5 Å². The van der Waals surface area contributed by atoms with Crippen molar-refractivity contribution in [1.29, 1.82) is 0 Å². The van der Waals surface area contributed by atoms with Crippen molar-refractivity contribution in [2.24, 2.45) is 4.99 Å². The van der Waals surface area contributed by atoms with Crippen molar-refractivity contribution in [2.45, 2.75) is 0 Å². The number of nitrogens with one attached hydrogen (secondary N) is 1. The van der Waals surface area contributed by atoms with Gasteiger partial charge in [-0.1, -0.05) is 24.3 Å². The van der Waals surface area contributed by atoms with E-state index in [0.29, 0.717) is 39.6 Å². The second-order valence-corrected chi connectivity index (χ2v) is 7.31. The quantitative estimate of drug-likeness (QED) is 0.437. The van der Waals surface area contributed by atoms with Gasteiger partial charge < -0.3 is 33.8 Å². The Morgan fingerprint density at radius 2 is 1.57 bits per heavy atom. The van der Waals surface area contributed by atoms with Crippen molar-refractivity contribution in [3.8, 4) is 17.2 Å². The molecule has 0 fully saturated rings. The van der Waals surface area contributed by atoms with Gasteiger partial charge in [-0.2, -0.15) is 0 Å². The topological polar surface area (TPSA) is 122 Å². The zero-order valence-corrected chi connectivity index (χ0v) is 19.2. The number of hydrogen-bond donors (Lipinski definition) is 1. The van der Waals surface area contributed by atoms with E-state index in [4.69, 9.17) is 18.6 Å². The van der Waals surface area contributed by atoms with Gasteiger partial charge in [0.2, 0.25) is 5.55 Å². The maximum atomic E-state index is 13.3. The van der Waals surface area contributed by atoms with E-state index in [1.807, 2.05) is 0 Å². The lowest BCUT2D eigenvalue weighted by molar-refractivity contribution is -0.255. The molecule has 9 nitrogen and oxygen atoms in total. The highest BCUT2D eigenvalue weighted by atomic mass is 16.5. The molecule has 1 heterocycles. The average Bonchev–Trinajstić information content (AvgIpc) is 2.88. The number of carboxylic acids is 1. The third-order valence-corrected chi connectivity index (χ3v) is 5.18. The number of anilines is 1. The van der Waals surface area contributed by atoms with Crippen molar-refractivity contribution >= 4 is 34.2 Å². The molecule has 3 aromatic carbocycles. The summed E-state index contributed by atoms with van der Waals surface area (Å²) in [5.41, 5.74) is 1.44. The van der Waals surface area contributed by atoms with E-state index in [9.17, 15) is 14.7 Å². The van der Waals surface area contributed by atoms with Gasteiger partial charge in [0.25, 0.3) is 5.91 Å². The molecule has 0 saturated carbocycles. The number of carboxylic acid groups (broad SMARTS) is 1. The lowest BCUT2D eigenvalue weighted by Crippen LogP contribution is -2.22. The number of amides is 1. The number of hydrogen-bond acceptors (Lipinski definition) is 8. The van der Waals surface area contributed by atoms with Crippen LogP contribution < -0.4 is 30.2 Å². The molecule has 0 aliphatic heterocycles. The fraction of sp³-hybridized carbons (Fsp3) is 0.115. The summed E-state index contributed by atoms with van der Waals surface area (Å²) in [7, 11) is 4.54. The minimum atomic E-state index is -1.30. The number of fused-ring (bicyclic) bond motifs is 1. The third kappa shape index (κ3) is 4.93. The normalized spacial score (nSPS) is 11.2. The first-order valence-corrected chi connectivity index (χ1v) is 10.4. The zero-order chi connectivity index (χ0) is 24.9. The second-order valence-electron chi connectivity index (χ2n) is 7.31. The molecule has 0 aliphatic carbocycles. The largest absolute Gasteiger partial charge is 0.545 e. The van der Waals surface area contributed by atoms with Gasteiger partial charge in [0.1, 0.15) is 5.56 Å². The SMILES string of the molecule is COc1ccc(NC(=O)c2cc3cccc(OC)c3oc2=Nc2ccc(C(=O)[O-])cc2)cc1OC. The predicted molar refractivity (Wildman–Crippen MR) is 126 cm³/mol. The third-order valence-electron chi connectivity index (χ3n) is 5.18. The van der Waals surface area contributed by atoms with Gasteiger partial charge in [-0.25, -0.2) is 4.99 Å². The van der Waals surface area contributed by atoms with Gasteiger partial charge in [0, 0.05) is 17.1 Å². The molecule has 1 N–H and O–H groups in total. The predicted octanol–water partition coefficient (Wildman–Crippen LogP) is 3.31. The summed E-state index contributed by atoms with van der Waals surface area (Å²) < 4.78 is 21.9. The van der Waals surface area contributed by atoms with E-state index in [-0.39, 0.29) is 16.7 Å². The van der Waals surface area contributed by atoms with E-state index >= 15 is 0 Å². The number of nitrogens with zero attached hydrogens (tertiary/aromatic N) is 1. The van der Waals surface area contributed by atoms with Crippen molar-refractivity contribution in [3.05, 3.63) is 83.4 Å². The van der Waals surface area contributed by atoms with Crippen LogP contribution in [0.15, 0.2) is 76.1 Å². The first-order chi connectivity index (χ1) is 16.9. The van der Waals surface area contributed by atoms with Crippen LogP contribution in [-0.4, -0.2) is 33.2 Å². The van der Waals surface area contributed by atoms with Gasteiger partial charge in [-0.05, 0) is 42.0 Å². The molecule has 0 unspecified atom stereocenters. The molecule has 4 rings (SSSR count). The number of benzene rings is 3. The van der Waals surface area contributed by atoms with E-state index < -0.39 is 11.9 Å². The molecule has 35 heavy (non-hydrogen) atoms. The van der Waals surface area contributed by atoms with Crippen molar-refractivity contribution in [1.82, 2.24) is 0 Å². The number of ether oxygens (including phenoxy) is 3. The molecule has 0 bridgehead atoms. The van der Waals surface area contributed by atoms with Crippen molar-refractivity contribution < 1.29 is 33.3 Å². The Morgan fingerprint density at radius 1 is 0.857 bits per heavy atom. The van der Waals surface area contributed by atoms with Gasteiger partial charge in [-0.15, -0.1) is 0 Å². The Balaban J connectivity index is 1.82. The van der Waals surface area contributed by atoms with E-state index in [1.165, 1.54) is 45.6 Å². The molecule has 4 aromatic rings. The molecular weight excluding hydrogens is 452 g/mol. The minimum Gasteiger partial charge on any atom is -0.545 e. The molecule has 178 valence electrons. The molecule has 0 atom stereocenters. The Labute approximate surface area is 200 Å². The average molecular weight is 473 g/mol. The minimum absolute atomic E-state index is 0.00693. The van der Waals surface area contributed by atoms with Crippen LogP contribution in [0.5, 0.6) is 17.2 Å². The maximum Gasteiger partial charge on any atom is 0.261 e. The first kappa shape index (κ1) is 23.4. The highest BCUT2D eigenvalue weighted by Crippen LogP contribution is 2.30. The number of carbonyl (C=O) groups excluding carboxylic acids is 2. The molecule has 1 aromatic heterocycles. The van der Waals surface area contributed by atoms with Crippen LogP contribution >= 0.6 is 0 Å². The standard InChI is InChI=1S/C26H22N2O7/c1-32-20-12-11-18(14-22(20)34-3)27-24(29)19-13-16-5-4-6-21(33-2)23(16)35-25(19)28-17-9-7-15(8-10-17)26(30)31/h4-14H,1-3H3,(H,27,29)(H,30,31)/p-1. The number of aromatic carboxylic acids is 1. The summed E-state index contributed by atoms with van der Waals surface area (Å²) in [5.74, 6) is -0.328. The first-order valence-electron chi connectivity index (χ1n) is 10.4. The summed E-state index contributed by atoms with van der Waals surface area (Å²) in [6.07, 6.45) is 0. The van der Waals surface area contributed by atoms with Gasteiger partial charge >= 0.3 is 0 Å². The summed E-state index contributed by atoms with van der Waals surface area (Å²) in [6.45, 7) is 0. The van der Waals surface area contributed by atoms with Crippen LogP contribution in [-0.2, 0) is 0 Å². The lowest BCUT2D eigenvalue weighted by atomic mass is 10.1. The van der Waals surface area contributed by atoms with Crippen LogP contribution in [0, 0.1) is 0 Å². The van der Waals surface area contributed by atoms with Gasteiger partial charge in [0.15, 0.2) is 22.8 Å². The highest BCUT2D eigenvalue weighted by Gasteiger charge is 2.16. The smallest absolute Gasteiger partial charge is 0.261 e. The number of carbonyl (C=O) groups is 2. The summed E-state index contributed by atoms with van der Waals surface area (Å²) in [4.78, 5) is 28.8. The summed E-state index contributed by atoms with van der Waals surface area (Å²) in [6, 6.07) is 17.6. The number of rotatable bonds is 7. The van der Waals surface area contributed by atoms with Crippen molar-refractivity contribution in [2.75, 3.05) is 26.6 Å². The summed E-state index contributed by atoms with van der Waals surface area (Å²) >= 11 is 0. The van der Waals surface area contributed by atoms with Crippen LogP contribution in [0.1, 0.15) is 20.7 Å². The molecule has 1 amide bonds. The van der Waals surface area contributed by atoms with E-state index in [0.717, 1.165) is 0 Å². The van der Waals surface area contributed by atoms with E-state index in [2.05, 4.69) is 10.3 Å². The van der Waals surface area contributed by atoms with Crippen LogP contribution in [0.3, 0.4) is 0 Å². The Bertz CT molecular complexity index is 1470. The Hall–Kier alpha value is -4.79. The number of para-hydroxylation sites is 1. The summed E-state index contributed by atoms with van der Waals surface area (Å²) in [5, 5.41) is 14.5. The zero-order valence-electron chi connectivity index (χ0n) is 19.2. The maximum absolute atomic E-state index is 13.3. The lowest BCUT2D eigenvalue weighted by Gasteiger charge is -2.11. The molecule has 0 aliphatic rings. The van der Waals surface area contributed by atoms with Crippen molar-refractivity contribution in [3.63, 3.8) is 0 Å². The van der Waals surface area contributed by atoms with Crippen LogP contribution in [0.25, 0.3) is 11.0 Å². The Morgan fingerprint density at radius 3 is 2.23 bits per heavy atom. The molecule has 9 heteroatoms. The fourth-order valence-electron chi connectivity index (χ4n) is 3.43. The molecular formula is C26H21N2O7-. The highest BCUT2D eigenvalue weighted by molar-refractivity contribution is 6.05. The number of methoxy groups -OCH3 is 3.